The van der Waals surface area contributed by atoms with Gasteiger partial charge in [-0.3, -0.25) is 4.79 Å². The van der Waals surface area contributed by atoms with Crippen LogP contribution in [0.5, 0.6) is 0 Å². The third kappa shape index (κ3) is 1.56. The molecule has 0 atom stereocenters. The summed E-state index contributed by atoms with van der Waals surface area (Å²) in [6, 6.07) is 8.69. The molecule has 0 bridgehead atoms. The highest BCUT2D eigenvalue weighted by atomic mass is 35.5. The van der Waals surface area contributed by atoms with Crippen LogP contribution in [0.15, 0.2) is 41.0 Å². The zero-order chi connectivity index (χ0) is 9.97. The lowest BCUT2D eigenvalue weighted by molar-refractivity contribution is 0.112. The number of carbonyl (C=O) groups is 1. The smallest absolute Gasteiger partial charge is 0.150 e. The predicted molar refractivity (Wildman–Crippen MR) is 54.5 cm³/mol. The van der Waals surface area contributed by atoms with Crippen LogP contribution in [0.25, 0.3) is 11.3 Å². The molecule has 2 rings (SSSR count). The standard InChI is InChI=1S/C11H7ClO2/c12-9-3-4-10(8(6-9)7-13)11-2-1-5-14-11/h1-7H. The Morgan fingerprint density at radius 3 is 2.79 bits per heavy atom. The second-order valence-corrected chi connectivity index (χ2v) is 3.26. The highest BCUT2D eigenvalue weighted by Crippen LogP contribution is 2.25. The maximum atomic E-state index is 10.8. The average molecular weight is 207 g/mol. The Labute approximate surface area is 86.1 Å². The van der Waals surface area contributed by atoms with Gasteiger partial charge in [-0.05, 0) is 30.3 Å². The van der Waals surface area contributed by atoms with E-state index < -0.39 is 0 Å². The summed E-state index contributed by atoms with van der Waals surface area (Å²) in [5, 5.41) is 0.544. The Bertz CT molecular complexity index is 446. The molecule has 0 aliphatic rings. The number of halogens is 1. The molecule has 0 unspecified atom stereocenters. The third-order valence-electron chi connectivity index (χ3n) is 1.93. The molecule has 0 aliphatic carbocycles. The number of aldehydes is 1. The van der Waals surface area contributed by atoms with E-state index in [0.717, 1.165) is 11.8 Å². The maximum Gasteiger partial charge on any atom is 0.150 e. The van der Waals surface area contributed by atoms with Crippen molar-refractivity contribution in [2.75, 3.05) is 0 Å². The molecule has 0 saturated carbocycles. The van der Waals surface area contributed by atoms with E-state index in [0.29, 0.717) is 16.3 Å². The van der Waals surface area contributed by atoms with Gasteiger partial charge >= 0.3 is 0 Å². The van der Waals surface area contributed by atoms with Gasteiger partial charge in [-0.15, -0.1) is 0 Å². The molecule has 0 amide bonds. The molecule has 14 heavy (non-hydrogen) atoms. The predicted octanol–water partition coefficient (Wildman–Crippen LogP) is 3.41. The molecule has 3 heteroatoms. The summed E-state index contributed by atoms with van der Waals surface area (Å²) in [6.07, 6.45) is 2.34. The first-order valence-corrected chi connectivity index (χ1v) is 4.47. The number of carbonyl (C=O) groups excluding carboxylic acids is 1. The molecule has 0 N–H and O–H groups in total. The summed E-state index contributed by atoms with van der Waals surface area (Å²) in [4.78, 5) is 10.8. The van der Waals surface area contributed by atoms with Crippen LogP contribution >= 0.6 is 11.6 Å². The minimum absolute atomic E-state index is 0.535. The molecule has 0 spiro atoms. The molecule has 0 aliphatic heterocycles. The summed E-state index contributed by atoms with van der Waals surface area (Å²) in [5.41, 5.74) is 1.29. The number of rotatable bonds is 2. The maximum absolute atomic E-state index is 10.8. The summed E-state index contributed by atoms with van der Waals surface area (Å²) < 4.78 is 5.20. The molecule has 1 aromatic carbocycles. The van der Waals surface area contributed by atoms with Crippen molar-refractivity contribution in [1.82, 2.24) is 0 Å². The highest BCUT2D eigenvalue weighted by molar-refractivity contribution is 6.31. The third-order valence-corrected chi connectivity index (χ3v) is 2.16. The van der Waals surface area contributed by atoms with E-state index in [1.54, 1.807) is 36.6 Å². The van der Waals surface area contributed by atoms with Crippen LogP contribution < -0.4 is 0 Å². The van der Waals surface area contributed by atoms with E-state index in [9.17, 15) is 4.79 Å². The lowest BCUT2D eigenvalue weighted by atomic mass is 10.1. The largest absolute Gasteiger partial charge is 0.464 e. The minimum Gasteiger partial charge on any atom is -0.464 e. The Morgan fingerprint density at radius 1 is 1.29 bits per heavy atom. The lowest BCUT2D eigenvalue weighted by Gasteiger charge is -2.01. The molecule has 70 valence electrons. The molecule has 2 aromatic rings. The Kier molecular flexibility index (Phi) is 2.37. The van der Waals surface area contributed by atoms with E-state index in [2.05, 4.69) is 0 Å². The zero-order valence-corrected chi connectivity index (χ0v) is 7.99. The second-order valence-electron chi connectivity index (χ2n) is 2.83. The second kappa shape index (κ2) is 3.68. The monoisotopic (exact) mass is 206 g/mol. The van der Waals surface area contributed by atoms with Crippen LogP contribution in [-0.2, 0) is 0 Å². The fourth-order valence-corrected chi connectivity index (χ4v) is 1.47. The van der Waals surface area contributed by atoms with Crippen molar-refractivity contribution in [3.05, 3.63) is 47.2 Å². The van der Waals surface area contributed by atoms with Gasteiger partial charge in [0.25, 0.3) is 0 Å². The van der Waals surface area contributed by atoms with Crippen LogP contribution in [0.1, 0.15) is 10.4 Å². The van der Waals surface area contributed by atoms with Gasteiger partial charge in [0.15, 0.2) is 6.29 Å². The van der Waals surface area contributed by atoms with E-state index in [1.807, 2.05) is 0 Å². The van der Waals surface area contributed by atoms with Crippen LogP contribution in [0.3, 0.4) is 0 Å². The number of hydrogen-bond donors (Lipinski definition) is 0. The van der Waals surface area contributed by atoms with Crippen LogP contribution in [-0.4, -0.2) is 6.29 Å². The number of furan rings is 1. The van der Waals surface area contributed by atoms with Crippen molar-refractivity contribution < 1.29 is 9.21 Å². The molecule has 1 aromatic heterocycles. The zero-order valence-electron chi connectivity index (χ0n) is 7.24. The fraction of sp³-hybridized carbons (Fsp3) is 0. The van der Waals surface area contributed by atoms with Gasteiger partial charge in [0, 0.05) is 16.1 Å². The van der Waals surface area contributed by atoms with Crippen LogP contribution in [0.4, 0.5) is 0 Å². The summed E-state index contributed by atoms with van der Waals surface area (Å²) in [6.45, 7) is 0. The lowest BCUT2D eigenvalue weighted by Crippen LogP contribution is -1.85. The minimum atomic E-state index is 0.535. The Balaban J connectivity index is 2.58. The van der Waals surface area contributed by atoms with E-state index in [4.69, 9.17) is 16.0 Å². The first-order chi connectivity index (χ1) is 6.81. The topological polar surface area (TPSA) is 30.2 Å². The molecular weight excluding hydrogens is 200 g/mol. The average Bonchev–Trinajstić information content (AvgIpc) is 2.70. The van der Waals surface area contributed by atoms with Gasteiger partial charge in [0.05, 0.1) is 6.26 Å². The van der Waals surface area contributed by atoms with Crippen molar-refractivity contribution in [3.63, 3.8) is 0 Å². The molecule has 2 nitrogen and oxygen atoms in total. The molecule has 1 heterocycles. The normalized spacial score (nSPS) is 10.1. The van der Waals surface area contributed by atoms with Gasteiger partial charge in [-0.25, -0.2) is 0 Å². The van der Waals surface area contributed by atoms with E-state index in [-0.39, 0.29) is 0 Å². The molecule has 0 fully saturated rings. The van der Waals surface area contributed by atoms with Crippen LogP contribution in [0.2, 0.25) is 5.02 Å². The Hall–Kier alpha value is -1.54. The van der Waals surface area contributed by atoms with Gasteiger partial charge in [0.1, 0.15) is 5.76 Å². The fourth-order valence-electron chi connectivity index (χ4n) is 1.29. The van der Waals surface area contributed by atoms with Crippen LogP contribution in [0, 0.1) is 0 Å². The Morgan fingerprint density at radius 2 is 2.14 bits per heavy atom. The van der Waals surface area contributed by atoms with Gasteiger partial charge in [0.2, 0.25) is 0 Å². The quantitative estimate of drug-likeness (QED) is 0.705. The van der Waals surface area contributed by atoms with Gasteiger partial charge in [-0.1, -0.05) is 11.6 Å². The molecule has 0 saturated heterocycles. The van der Waals surface area contributed by atoms with Crippen molar-refractivity contribution >= 4 is 17.9 Å². The SMILES string of the molecule is O=Cc1cc(Cl)ccc1-c1ccco1. The molecular formula is C11H7ClO2. The highest BCUT2D eigenvalue weighted by Gasteiger charge is 2.06. The van der Waals surface area contributed by atoms with Gasteiger partial charge in [-0.2, -0.15) is 0 Å². The van der Waals surface area contributed by atoms with Crippen molar-refractivity contribution in [3.8, 4) is 11.3 Å². The molecule has 0 radical (unpaired) electrons. The summed E-state index contributed by atoms with van der Waals surface area (Å²) >= 11 is 5.77. The summed E-state index contributed by atoms with van der Waals surface area (Å²) in [5.74, 6) is 0.670. The first-order valence-electron chi connectivity index (χ1n) is 4.10. The van der Waals surface area contributed by atoms with Crippen molar-refractivity contribution in [1.29, 1.82) is 0 Å². The van der Waals surface area contributed by atoms with Crippen molar-refractivity contribution in [2.24, 2.45) is 0 Å². The van der Waals surface area contributed by atoms with Crippen molar-refractivity contribution in [2.45, 2.75) is 0 Å². The van der Waals surface area contributed by atoms with E-state index in [1.165, 1.54) is 0 Å². The first kappa shape index (κ1) is 9.03. The van der Waals surface area contributed by atoms with Gasteiger partial charge < -0.3 is 4.42 Å². The van der Waals surface area contributed by atoms with E-state index >= 15 is 0 Å². The number of benzene rings is 1. The number of hydrogen-bond acceptors (Lipinski definition) is 2. The summed E-state index contributed by atoms with van der Waals surface area (Å²) in [7, 11) is 0.